The minimum Gasteiger partial charge on any atom is -0.466 e. The van der Waals surface area contributed by atoms with E-state index in [2.05, 4.69) is 21.2 Å². The minimum atomic E-state index is -0.640. The minimum absolute atomic E-state index is 0.0491. The Bertz CT molecular complexity index is 633. The summed E-state index contributed by atoms with van der Waals surface area (Å²) < 4.78 is 4.64. The zero-order valence-electron chi connectivity index (χ0n) is 15.8. The predicted molar refractivity (Wildman–Crippen MR) is 106 cm³/mol. The first-order valence-corrected chi connectivity index (χ1v) is 11.3. The van der Waals surface area contributed by atoms with Gasteiger partial charge in [0.2, 0.25) is 11.8 Å². The van der Waals surface area contributed by atoms with Crippen LogP contribution in [0.3, 0.4) is 0 Å². The number of rotatable bonds is 7. The number of hydrogen-bond donors (Lipinski definition) is 2. The van der Waals surface area contributed by atoms with Crippen LogP contribution in [-0.4, -0.2) is 74.5 Å². The van der Waals surface area contributed by atoms with Crippen LogP contribution in [0, 0.1) is 11.8 Å². The van der Waals surface area contributed by atoms with E-state index in [9.17, 15) is 19.5 Å². The van der Waals surface area contributed by atoms with Gasteiger partial charge >= 0.3 is 5.97 Å². The van der Waals surface area contributed by atoms with Crippen molar-refractivity contribution in [3.8, 4) is 0 Å². The molecule has 152 valence electrons. The summed E-state index contributed by atoms with van der Waals surface area (Å²) in [6, 6.07) is -0.689. The van der Waals surface area contributed by atoms with Gasteiger partial charge in [-0.2, -0.15) is 0 Å². The molecule has 0 saturated carbocycles. The smallest absolute Gasteiger partial charge is 0.310 e. The number of fused-ring (bicyclic) bond motifs is 1. The molecule has 3 aliphatic heterocycles. The van der Waals surface area contributed by atoms with E-state index < -0.39 is 22.6 Å². The van der Waals surface area contributed by atoms with Gasteiger partial charge in [0.25, 0.3) is 0 Å². The summed E-state index contributed by atoms with van der Waals surface area (Å²) in [5.74, 6) is -1.81. The average Bonchev–Trinajstić information content (AvgIpc) is 3.16. The molecule has 0 aliphatic carbocycles. The molecule has 3 fully saturated rings. The highest BCUT2D eigenvalue weighted by Gasteiger charge is 2.75. The molecule has 2 amide bonds. The van der Waals surface area contributed by atoms with Crippen molar-refractivity contribution in [2.75, 3.05) is 19.8 Å². The van der Waals surface area contributed by atoms with E-state index in [-0.39, 0.29) is 47.1 Å². The largest absolute Gasteiger partial charge is 0.466 e. The number of likely N-dealkylation sites (tertiary alicyclic amines) is 1. The van der Waals surface area contributed by atoms with E-state index in [1.54, 1.807) is 23.6 Å². The molecule has 3 saturated heterocycles. The Hall–Kier alpha value is -0.800. The molecule has 0 radical (unpaired) electrons. The molecule has 0 aromatic carbocycles. The Morgan fingerprint density at radius 1 is 1.48 bits per heavy atom. The summed E-state index contributed by atoms with van der Waals surface area (Å²) in [5.41, 5.74) is 0. The average molecular weight is 463 g/mol. The molecule has 6 atom stereocenters. The van der Waals surface area contributed by atoms with Crippen LogP contribution < -0.4 is 5.32 Å². The SMILES string of the molecule is CCOC(=O)[C@H]1[C@H]2C(=O)N(CCCO)C(C(=O)NC(C)C)C23CC(Br)[C@@H]1S3. The van der Waals surface area contributed by atoms with E-state index in [0.29, 0.717) is 19.4 Å². The first-order chi connectivity index (χ1) is 12.8. The summed E-state index contributed by atoms with van der Waals surface area (Å²) in [6.07, 6.45) is 1.05. The van der Waals surface area contributed by atoms with Gasteiger partial charge in [-0.15, -0.1) is 11.8 Å². The van der Waals surface area contributed by atoms with Crippen molar-refractivity contribution in [2.24, 2.45) is 11.8 Å². The van der Waals surface area contributed by atoms with Gasteiger partial charge in [-0.3, -0.25) is 14.4 Å². The van der Waals surface area contributed by atoms with E-state index in [4.69, 9.17) is 4.74 Å². The molecule has 1 spiro atoms. The molecule has 0 aromatic rings. The predicted octanol–water partition coefficient (Wildman–Crippen LogP) is 0.921. The third kappa shape index (κ3) is 3.29. The Balaban J connectivity index is 2.00. The van der Waals surface area contributed by atoms with Crippen LogP contribution in [0.4, 0.5) is 0 Å². The van der Waals surface area contributed by atoms with Crippen LogP contribution in [-0.2, 0) is 19.1 Å². The number of alkyl halides is 1. The standard InChI is InChI=1S/C18H27BrN2O5S/c1-4-26-17(25)11-12-16(24)21(6-5-7-22)14(15(23)20-9(2)3)18(12)8-10(19)13(11)27-18/h9-14,22H,4-8H2,1-3H3,(H,20,23)/t10?,11-,12-,13-,14?,18?/m0/s1. The van der Waals surface area contributed by atoms with Crippen molar-refractivity contribution in [1.82, 2.24) is 10.2 Å². The molecule has 3 heterocycles. The summed E-state index contributed by atoms with van der Waals surface area (Å²) in [5, 5.41) is 12.1. The number of amides is 2. The lowest BCUT2D eigenvalue weighted by molar-refractivity contribution is -0.153. The first kappa shape index (κ1) is 20.9. The first-order valence-electron chi connectivity index (χ1n) is 9.48. The monoisotopic (exact) mass is 462 g/mol. The quantitative estimate of drug-likeness (QED) is 0.431. The van der Waals surface area contributed by atoms with Crippen LogP contribution in [0.2, 0.25) is 0 Å². The normalized spacial score (nSPS) is 37.0. The van der Waals surface area contributed by atoms with Crippen LogP contribution in [0.1, 0.15) is 33.6 Å². The lowest BCUT2D eigenvalue weighted by Crippen LogP contribution is -2.55. The zero-order valence-corrected chi connectivity index (χ0v) is 18.2. The Morgan fingerprint density at radius 2 is 2.19 bits per heavy atom. The Labute approximate surface area is 172 Å². The second-order valence-electron chi connectivity index (χ2n) is 7.69. The molecule has 3 unspecified atom stereocenters. The van der Waals surface area contributed by atoms with Crippen LogP contribution in [0.5, 0.6) is 0 Å². The van der Waals surface area contributed by atoms with Crippen molar-refractivity contribution in [3.63, 3.8) is 0 Å². The zero-order chi connectivity index (χ0) is 19.9. The third-order valence-corrected chi connectivity index (χ3v) is 8.80. The highest BCUT2D eigenvalue weighted by Crippen LogP contribution is 2.67. The molecule has 2 bridgehead atoms. The van der Waals surface area contributed by atoms with Crippen molar-refractivity contribution >= 4 is 45.5 Å². The number of thioether (sulfide) groups is 1. The number of esters is 1. The maximum Gasteiger partial charge on any atom is 0.310 e. The van der Waals surface area contributed by atoms with Gasteiger partial charge in [0.15, 0.2) is 0 Å². The second kappa shape index (κ2) is 7.91. The number of carbonyl (C=O) groups excluding carboxylic acids is 3. The highest BCUT2D eigenvalue weighted by atomic mass is 79.9. The number of ether oxygens (including phenoxy) is 1. The van der Waals surface area contributed by atoms with Gasteiger partial charge < -0.3 is 20.1 Å². The third-order valence-electron chi connectivity index (χ3n) is 5.58. The van der Waals surface area contributed by atoms with Crippen LogP contribution in [0.15, 0.2) is 0 Å². The molecule has 2 N–H and O–H groups in total. The van der Waals surface area contributed by atoms with Crippen molar-refractivity contribution in [2.45, 2.75) is 60.5 Å². The molecular weight excluding hydrogens is 436 g/mol. The van der Waals surface area contributed by atoms with Gasteiger partial charge in [-0.25, -0.2) is 0 Å². The van der Waals surface area contributed by atoms with Crippen molar-refractivity contribution < 1.29 is 24.2 Å². The summed E-state index contributed by atoms with van der Waals surface area (Å²) in [6.45, 7) is 6.03. The van der Waals surface area contributed by atoms with Crippen LogP contribution >= 0.6 is 27.7 Å². The number of aliphatic hydroxyl groups excluding tert-OH is 1. The number of halogens is 1. The Kier molecular flexibility index (Phi) is 6.13. The van der Waals surface area contributed by atoms with E-state index in [1.165, 1.54) is 0 Å². The molecule has 3 aliphatic rings. The number of carbonyl (C=O) groups is 3. The lowest BCUT2D eigenvalue weighted by Gasteiger charge is -2.35. The molecule has 0 aromatic heterocycles. The van der Waals surface area contributed by atoms with Gasteiger partial charge in [-0.1, -0.05) is 15.9 Å². The fourth-order valence-corrected chi connectivity index (χ4v) is 8.38. The molecule has 27 heavy (non-hydrogen) atoms. The van der Waals surface area contributed by atoms with Crippen molar-refractivity contribution in [1.29, 1.82) is 0 Å². The van der Waals surface area contributed by atoms with Crippen molar-refractivity contribution in [3.05, 3.63) is 0 Å². The summed E-state index contributed by atoms with van der Waals surface area (Å²) >= 11 is 5.27. The van der Waals surface area contributed by atoms with E-state index >= 15 is 0 Å². The Morgan fingerprint density at radius 3 is 2.78 bits per heavy atom. The number of aliphatic hydroxyl groups is 1. The fraction of sp³-hybridized carbons (Fsp3) is 0.833. The molecular formula is C18H27BrN2O5S. The highest BCUT2D eigenvalue weighted by molar-refractivity contribution is 9.09. The number of hydrogen-bond acceptors (Lipinski definition) is 6. The van der Waals surface area contributed by atoms with Gasteiger partial charge in [-0.05, 0) is 33.6 Å². The molecule has 7 nitrogen and oxygen atoms in total. The topological polar surface area (TPSA) is 95.9 Å². The number of nitrogens with zero attached hydrogens (tertiary/aromatic N) is 1. The maximum atomic E-state index is 13.3. The summed E-state index contributed by atoms with van der Waals surface area (Å²) in [7, 11) is 0. The van der Waals surface area contributed by atoms with Gasteiger partial charge in [0.1, 0.15) is 6.04 Å². The molecule has 9 heteroatoms. The maximum absolute atomic E-state index is 13.3. The van der Waals surface area contributed by atoms with Gasteiger partial charge in [0, 0.05) is 29.3 Å². The van der Waals surface area contributed by atoms with E-state index in [0.717, 1.165) is 0 Å². The second-order valence-corrected chi connectivity index (χ2v) is 10.4. The lowest BCUT2D eigenvalue weighted by atomic mass is 9.71. The van der Waals surface area contributed by atoms with E-state index in [1.807, 2.05) is 13.8 Å². The van der Waals surface area contributed by atoms with Gasteiger partial charge in [0.05, 0.1) is 23.2 Å². The molecule has 3 rings (SSSR count). The number of nitrogens with one attached hydrogen (secondary N) is 1. The van der Waals surface area contributed by atoms with Crippen LogP contribution in [0.25, 0.3) is 0 Å². The fourth-order valence-electron chi connectivity index (χ4n) is 4.78. The summed E-state index contributed by atoms with van der Waals surface area (Å²) in [4.78, 5) is 40.7.